The van der Waals surface area contributed by atoms with Gasteiger partial charge in [0.15, 0.2) is 10.8 Å². The molecule has 6 rings (SSSR count). The predicted molar refractivity (Wildman–Crippen MR) is 150 cm³/mol. The number of halogens is 1. The van der Waals surface area contributed by atoms with Gasteiger partial charge in [-0.05, 0) is 43.7 Å². The highest BCUT2D eigenvalue weighted by Gasteiger charge is 2.40. The molecule has 41 heavy (non-hydrogen) atoms. The molecule has 210 valence electrons. The topological polar surface area (TPSA) is 161 Å². The summed E-state index contributed by atoms with van der Waals surface area (Å²) in [5, 5.41) is 19.6. The molecule has 4 aromatic rings. The molecule has 3 amide bonds. The number of anilines is 1. The summed E-state index contributed by atoms with van der Waals surface area (Å²) >= 11 is 1.33. The van der Waals surface area contributed by atoms with E-state index in [1.54, 1.807) is 36.7 Å². The molecule has 0 saturated carbocycles. The maximum atomic E-state index is 14.6. The summed E-state index contributed by atoms with van der Waals surface area (Å²) < 4.78 is 16.9. The van der Waals surface area contributed by atoms with E-state index < -0.39 is 29.9 Å². The van der Waals surface area contributed by atoms with Gasteiger partial charge in [-0.3, -0.25) is 19.1 Å². The average Bonchev–Trinajstić information content (AvgIpc) is 3.64. The van der Waals surface area contributed by atoms with Crippen molar-refractivity contribution < 1.29 is 18.8 Å². The second-order valence-corrected chi connectivity index (χ2v) is 11.1. The second kappa shape index (κ2) is 10.4. The van der Waals surface area contributed by atoms with Gasteiger partial charge in [-0.2, -0.15) is 15.3 Å². The number of primary amides is 1. The Labute approximate surface area is 236 Å². The van der Waals surface area contributed by atoms with Gasteiger partial charge >= 0.3 is 0 Å². The van der Waals surface area contributed by atoms with Gasteiger partial charge in [-0.15, -0.1) is 0 Å². The molecule has 1 saturated heterocycles. The lowest BCUT2D eigenvalue weighted by Crippen LogP contribution is -2.44. The number of thiazole rings is 1. The summed E-state index contributed by atoms with van der Waals surface area (Å²) in [7, 11) is 0. The van der Waals surface area contributed by atoms with Crippen LogP contribution in [0.2, 0.25) is 0 Å². The number of aromatic nitrogens is 5. The molecule has 3 unspecified atom stereocenters. The van der Waals surface area contributed by atoms with Crippen molar-refractivity contribution in [1.82, 2.24) is 35.2 Å². The maximum Gasteiger partial charge on any atom is 0.269 e. The van der Waals surface area contributed by atoms with E-state index in [0.717, 1.165) is 26.7 Å². The van der Waals surface area contributed by atoms with Gasteiger partial charge < -0.3 is 21.3 Å². The standard InChI is InChI=1S/C27H26FN9O3S/c1-13-7-21-23(14(2)32-13)33-27(41-21)34-26(40)20-9-17(28)11-36(20)22(38)12-37-19-4-3-15(16-5-6-30-31-10-16)8-18(19)24(35-37)25(29)39/h3-8,10,13,17,20,32H,9,11-12H2,1-2H3,(H2,29,39)(H,33,34,40). The summed E-state index contributed by atoms with van der Waals surface area (Å²) in [5.74, 6) is -1.78. The third kappa shape index (κ3) is 5.01. The van der Waals surface area contributed by atoms with Crippen molar-refractivity contribution in [1.29, 1.82) is 0 Å². The van der Waals surface area contributed by atoms with E-state index in [9.17, 15) is 18.8 Å². The Morgan fingerprint density at radius 2 is 2.05 bits per heavy atom. The lowest BCUT2D eigenvalue weighted by atomic mass is 10.0. The van der Waals surface area contributed by atoms with E-state index in [-0.39, 0.29) is 31.2 Å². The first-order chi connectivity index (χ1) is 19.7. The number of nitrogens with zero attached hydrogens (tertiary/aromatic N) is 6. The zero-order valence-corrected chi connectivity index (χ0v) is 23.0. The van der Waals surface area contributed by atoms with E-state index in [0.29, 0.717) is 16.0 Å². The number of hydrogen-bond acceptors (Lipinski definition) is 9. The van der Waals surface area contributed by atoms with Gasteiger partial charge in [0, 0.05) is 29.1 Å². The molecule has 4 N–H and O–H groups in total. The summed E-state index contributed by atoms with van der Waals surface area (Å²) in [6.45, 7) is 3.39. The normalized spacial score (nSPS) is 19.9. The lowest BCUT2D eigenvalue weighted by molar-refractivity contribution is -0.137. The summed E-state index contributed by atoms with van der Waals surface area (Å²) in [5.41, 5.74) is 8.52. The van der Waals surface area contributed by atoms with Crippen LogP contribution in [-0.2, 0) is 16.1 Å². The number of hydrogen-bond donors (Lipinski definition) is 3. The summed E-state index contributed by atoms with van der Waals surface area (Å²) in [6.07, 6.45) is 3.66. The molecule has 0 bridgehead atoms. The molecule has 12 nitrogen and oxygen atoms in total. The third-order valence-corrected chi connectivity index (χ3v) is 8.08. The summed E-state index contributed by atoms with van der Waals surface area (Å²) in [4.78, 5) is 44.6. The van der Waals surface area contributed by atoms with E-state index >= 15 is 0 Å². The second-order valence-electron chi connectivity index (χ2n) is 10.1. The Balaban J connectivity index is 1.25. The molecule has 1 fully saturated rings. The third-order valence-electron chi connectivity index (χ3n) is 7.14. The van der Waals surface area contributed by atoms with Crippen molar-refractivity contribution in [3.05, 3.63) is 52.2 Å². The fourth-order valence-electron chi connectivity index (χ4n) is 5.28. The number of rotatable bonds is 6. The van der Waals surface area contributed by atoms with Crippen LogP contribution < -0.4 is 26.2 Å². The van der Waals surface area contributed by atoms with Crippen LogP contribution in [-0.4, -0.2) is 72.4 Å². The van der Waals surface area contributed by atoms with Crippen molar-refractivity contribution in [3.63, 3.8) is 0 Å². The number of nitrogens with one attached hydrogen (secondary N) is 2. The van der Waals surface area contributed by atoms with Crippen molar-refractivity contribution in [2.24, 2.45) is 5.73 Å². The number of nitrogens with two attached hydrogens (primary N) is 1. The van der Waals surface area contributed by atoms with Gasteiger partial charge in [0.1, 0.15) is 24.1 Å². The van der Waals surface area contributed by atoms with Crippen LogP contribution in [0.1, 0.15) is 30.8 Å². The van der Waals surface area contributed by atoms with E-state index in [1.165, 1.54) is 20.9 Å². The molecule has 3 atom stereocenters. The van der Waals surface area contributed by atoms with Crippen molar-refractivity contribution in [2.75, 3.05) is 11.9 Å². The van der Waals surface area contributed by atoms with Gasteiger partial charge in [-0.25, -0.2) is 9.37 Å². The molecular weight excluding hydrogens is 549 g/mol. The number of alkyl halides is 1. The van der Waals surface area contributed by atoms with Crippen LogP contribution in [0.15, 0.2) is 36.7 Å². The van der Waals surface area contributed by atoms with Gasteiger partial charge in [0.25, 0.3) is 5.91 Å². The van der Waals surface area contributed by atoms with Crippen LogP contribution in [0.25, 0.3) is 33.8 Å². The summed E-state index contributed by atoms with van der Waals surface area (Å²) in [6, 6.07) is 6.15. The Bertz CT molecular complexity index is 1820. The first-order valence-electron chi connectivity index (χ1n) is 13.0. The highest BCUT2D eigenvalue weighted by molar-refractivity contribution is 7.13. The van der Waals surface area contributed by atoms with Gasteiger partial charge in [0.2, 0.25) is 11.8 Å². The predicted octanol–water partition coefficient (Wildman–Crippen LogP) is 0.527. The van der Waals surface area contributed by atoms with Gasteiger partial charge in [0.05, 0.1) is 29.0 Å². The lowest BCUT2D eigenvalue weighted by Gasteiger charge is -2.23. The Hall–Kier alpha value is -4.72. The zero-order chi connectivity index (χ0) is 28.8. The fraction of sp³-hybridized carbons (Fsp3) is 0.296. The molecule has 0 radical (unpaired) electrons. The molecule has 3 aromatic heterocycles. The molecule has 2 aliphatic heterocycles. The monoisotopic (exact) mass is 575 g/mol. The fourth-order valence-corrected chi connectivity index (χ4v) is 6.35. The number of carbonyl (C=O) groups excluding carboxylic acids is 3. The Kier molecular flexibility index (Phi) is 6.69. The highest BCUT2D eigenvalue weighted by atomic mass is 32.1. The molecule has 5 heterocycles. The van der Waals surface area contributed by atoms with Crippen molar-refractivity contribution in [3.8, 4) is 11.1 Å². The smallest absolute Gasteiger partial charge is 0.269 e. The first kappa shape index (κ1) is 26.5. The minimum atomic E-state index is -1.36. The minimum absolute atomic E-state index is 0.00352. The minimum Gasteiger partial charge on any atom is -0.381 e. The number of benzene rings is 1. The molecule has 2 aliphatic rings. The van der Waals surface area contributed by atoms with E-state index in [4.69, 9.17) is 5.73 Å². The number of likely N-dealkylation sites (tertiary alicyclic amines) is 1. The van der Waals surface area contributed by atoms with Crippen molar-refractivity contribution >= 4 is 56.9 Å². The largest absolute Gasteiger partial charge is 0.381 e. The van der Waals surface area contributed by atoms with Crippen LogP contribution in [0.5, 0.6) is 0 Å². The number of fused-ring (bicyclic) bond motifs is 2. The quantitative estimate of drug-likeness (QED) is 0.300. The zero-order valence-electron chi connectivity index (χ0n) is 22.2. The first-order valence-corrected chi connectivity index (χ1v) is 13.8. The van der Waals surface area contributed by atoms with E-state index in [1.807, 2.05) is 19.9 Å². The van der Waals surface area contributed by atoms with E-state index in [2.05, 4.69) is 30.9 Å². The maximum absolute atomic E-state index is 14.6. The molecule has 1 aromatic carbocycles. The molecule has 14 heteroatoms. The highest BCUT2D eigenvalue weighted by Crippen LogP contribution is 2.27. The number of amides is 3. The van der Waals surface area contributed by atoms with Crippen LogP contribution in [0.3, 0.4) is 0 Å². The van der Waals surface area contributed by atoms with Crippen LogP contribution in [0.4, 0.5) is 9.52 Å². The average molecular weight is 576 g/mol. The van der Waals surface area contributed by atoms with Crippen LogP contribution >= 0.6 is 11.3 Å². The Morgan fingerprint density at radius 3 is 2.80 bits per heavy atom. The molecular formula is C27H26FN9O3S. The Morgan fingerprint density at radius 1 is 1.22 bits per heavy atom. The van der Waals surface area contributed by atoms with Crippen molar-refractivity contribution in [2.45, 2.75) is 45.1 Å². The SMILES string of the molecule is CC1=c2nc(NC(=O)C3CC(F)CN3C(=O)Cn3nc(C(N)=O)c4cc(-c5ccnnc5)ccc43)sc2=CC(C)N1. The van der Waals surface area contributed by atoms with Crippen LogP contribution in [0, 0.1) is 0 Å². The molecule has 0 spiro atoms. The molecule has 0 aliphatic carbocycles. The number of carbonyl (C=O) groups is 3. The van der Waals surface area contributed by atoms with Gasteiger partial charge in [-0.1, -0.05) is 17.4 Å².